The van der Waals surface area contributed by atoms with E-state index in [0.717, 1.165) is 26.4 Å². The highest BCUT2D eigenvalue weighted by Crippen LogP contribution is 2.40. The monoisotopic (exact) mass is 450 g/mol. The molecule has 0 saturated carbocycles. The molecule has 1 aliphatic heterocycles. The number of ether oxygens (including phenoxy) is 1. The van der Waals surface area contributed by atoms with Gasteiger partial charge in [-0.25, -0.2) is 4.79 Å². The van der Waals surface area contributed by atoms with Crippen LogP contribution in [0.4, 0.5) is 0 Å². The van der Waals surface area contributed by atoms with Gasteiger partial charge in [-0.3, -0.25) is 4.79 Å². The second-order valence-corrected chi connectivity index (χ2v) is 7.96. The van der Waals surface area contributed by atoms with Crippen molar-refractivity contribution in [1.82, 2.24) is 0 Å². The van der Waals surface area contributed by atoms with Crippen molar-refractivity contribution in [2.45, 2.75) is 25.9 Å². The Kier molecular flexibility index (Phi) is 5.24. The number of halogens is 1. The Morgan fingerprint density at radius 2 is 1.90 bits per heavy atom. The third-order valence-electron chi connectivity index (χ3n) is 5.24. The number of Topliss-reactive ketones (excluding diaryl/α,β-unsaturated/α-hetero) is 1. The van der Waals surface area contributed by atoms with E-state index in [4.69, 9.17) is 9.84 Å². The molecule has 3 aromatic rings. The van der Waals surface area contributed by atoms with Crippen molar-refractivity contribution in [3.05, 3.63) is 87.4 Å². The predicted molar refractivity (Wildman–Crippen MR) is 116 cm³/mol. The van der Waals surface area contributed by atoms with E-state index < -0.39 is 12.1 Å². The van der Waals surface area contributed by atoms with Gasteiger partial charge in [-0.1, -0.05) is 64.5 Å². The maximum absolute atomic E-state index is 12.9. The summed E-state index contributed by atoms with van der Waals surface area (Å²) in [6.45, 7) is 1.56. The minimum atomic E-state index is -0.953. The van der Waals surface area contributed by atoms with Gasteiger partial charge in [0.05, 0.1) is 12.0 Å². The van der Waals surface area contributed by atoms with E-state index >= 15 is 0 Å². The lowest BCUT2D eigenvalue weighted by Gasteiger charge is -2.28. The SMILES string of the molecule is C/C(=C\Cc1cccc2c1OC(c1ccc(Br)c3ccccc13)CC2=O)C(=O)O. The molecule has 3 aromatic carbocycles. The molecule has 5 heteroatoms. The number of hydrogen-bond acceptors (Lipinski definition) is 3. The van der Waals surface area contributed by atoms with Crippen molar-refractivity contribution < 1.29 is 19.4 Å². The summed E-state index contributed by atoms with van der Waals surface area (Å²) >= 11 is 3.59. The van der Waals surface area contributed by atoms with Crippen molar-refractivity contribution in [2.24, 2.45) is 0 Å². The van der Waals surface area contributed by atoms with Crippen molar-refractivity contribution in [2.75, 3.05) is 0 Å². The number of aliphatic carboxylic acids is 1. The zero-order valence-electron chi connectivity index (χ0n) is 15.8. The summed E-state index contributed by atoms with van der Waals surface area (Å²) < 4.78 is 7.34. The third kappa shape index (κ3) is 3.70. The third-order valence-corrected chi connectivity index (χ3v) is 5.94. The molecule has 1 aliphatic rings. The smallest absolute Gasteiger partial charge is 0.330 e. The van der Waals surface area contributed by atoms with Gasteiger partial charge < -0.3 is 9.84 Å². The zero-order chi connectivity index (χ0) is 20.5. The molecule has 1 heterocycles. The average Bonchev–Trinajstić information content (AvgIpc) is 2.72. The van der Waals surface area contributed by atoms with Gasteiger partial charge in [0.1, 0.15) is 11.9 Å². The van der Waals surface area contributed by atoms with E-state index in [2.05, 4.69) is 15.9 Å². The first kappa shape index (κ1) is 19.4. The van der Waals surface area contributed by atoms with E-state index in [1.807, 2.05) is 48.5 Å². The Balaban J connectivity index is 1.75. The molecule has 0 radical (unpaired) electrons. The number of ketones is 1. The number of carbonyl (C=O) groups is 2. The maximum Gasteiger partial charge on any atom is 0.330 e. The molecule has 0 spiro atoms. The minimum Gasteiger partial charge on any atom is -0.484 e. The number of carbonyl (C=O) groups excluding carboxylic acids is 1. The Bertz CT molecular complexity index is 1160. The predicted octanol–water partition coefficient (Wildman–Crippen LogP) is 5.88. The van der Waals surface area contributed by atoms with Gasteiger partial charge in [0.25, 0.3) is 0 Å². The van der Waals surface area contributed by atoms with Crippen LogP contribution in [0.5, 0.6) is 5.75 Å². The number of carboxylic acids is 1. The van der Waals surface area contributed by atoms with Crippen LogP contribution < -0.4 is 4.74 Å². The molecule has 0 amide bonds. The van der Waals surface area contributed by atoms with Gasteiger partial charge in [0.15, 0.2) is 5.78 Å². The molecule has 1 atom stereocenters. The van der Waals surface area contributed by atoms with Gasteiger partial charge in [0.2, 0.25) is 0 Å². The molecule has 4 rings (SSSR count). The average molecular weight is 451 g/mol. The Morgan fingerprint density at radius 3 is 2.66 bits per heavy atom. The normalized spacial score (nSPS) is 16.4. The first-order valence-electron chi connectivity index (χ1n) is 9.34. The minimum absolute atomic E-state index is 0.0315. The second kappa shape index (κ2) is 7.84. The van der Waals surface area contributed by atoms with Crippen LogP contribution in [0.15, 0.2) is 70.7 Å². The molecule has 1 N–H and O–H groups in total. The highest BCUT2D eigenvalue weighted by molar-refractivity contribution is 9.10. The molecule has 4 nitrogen and oxygen atoms in total. The largest absolute Gasteiger partial charge is 0.484 e. The molecule has 0 bridgehead atoms. The zero-order valence-corrected chi connectivity index (χ0v) is 17.4. The standard InChI is InChI=1S/C24H19BrO4/c1-14(24(27)28)9-10-15-5-4-8-19-21(26)13-22(29-23(15)19)18-11-12-20(25)17-7-3-2-6-16(17)18/h2-9,11-12,22H,10,13H2,1H3,(H,27,28)/b14-9+. The molecular weight excluding hydrogens is 432 g/mol. The van der Waals surface area contributed by atoms with Crippen molar-refractivity contribution in [3.63, 3.8) is 0 Å². The summed E-state index contributed by atoms with van der Waals surface area (Å²) in [5.41, 5.74) is 2.60. The van der Waals surface area contributed by atoms with Crippen molar-refractivity contribution in [3.8, 4) is 5.75 Å². The van der Waals surface area contributed by atoms with E-state index in [9.17, 15) is 9.59 Å². The first-order valence-corrected chi connectivity index (χ1v) is 10.1. The lowest BCUT2D eigenvalue weighted by molar-refractivity contribution is -0.132. The molecule has 146 valence electrons. The van der Waals surface area contributed by atoms with Crippen molar-refractivity contribution >= 4 is 38.5 Å². The van der Waals surface area contributed by atoms with Gasteiger partial charge in [0, 0.05) is 15.6 Å². The number of rotatable bonds is 4. The van der Waals surface area contributed by atoms with Crippen LogP contribution in [0.2, 0.25) is 0 Å². The van der Waals surface area contributed by atoms with Crippen LogP contribution in [-0.4, -0.2) is 16.9 Å². The van der Waals surface area contributed by atoms with Crippen LogP contribution in [0, 0.1) is 0 Å². The highest BCUT2D eigenvalue weighted by atomic mass is 79.9. The molecule has 0 aromatic heterocycles. The van der Waals surface area contributed by atoms with Crippen LogP contribution in [-0.2, 0) is 11.2 Å². The molecule has 0 fully saturated rings. The van der Waals surface area contributed by atoms with Crippen LogP contribution in [0.3, 0.4) is 0 Å². The summed E-state index contributed by atoms with van der Waals surface area (Å²) in [5, 5.41) is 11.2. The number of hydrogen-bond donors (Lipinski definition) is 1. The molecular formula is C24H19BrO4. The molecule has 0 saturated heterocycles. The van der Waals surface area contributed by atoms with Gasteiger partial charge in [-0.05, 0) is 41.8 Å². The van der Waals surface area contributed by atoms with Gasteiger partial charge in [-0.2, -0.15) is 0 Å². The first-order chi connectivity index (χ1) is 14.0. The van der Waals surface area contributed by atoms with E-state index in [0.29, 0.717) is 17.7 Å². The summed E-state index contributed by atoms with van der Waals surface area (Å²) in [6, 6.07) is 17.4. The number of benzene rings is 3. The summed E-state index contributed by atoms with van der Waals surface area (Å²) in [6.07, 6.45) is 1.91. The lowest BCUT2D eigenvalue weighted by atomic mass is 9.91. The number of para-hydroxylation sites is 1. The second-order valence-electron chi connectivity index (χ2n) is 7.11. The summed E-state index contributed by atoms with van der Waals surface area (Å²) in [5.74, 6) is -0.370. The quantitative estimate of drug-likeness (QED) is 0.503. The van der Waals surface area contributed by atoms with E-state index in [-0.39, 0.29) is 17.8 Å². The van der Waals surface area contributed by atoms with Crippen LogP contribution in [0.1, 0.15) is 40.9 Å². The molecule has 0 aliphatic carbocycles. The topological polar surface area (TPSA) is 63.6 Å². The Labute approximate surface area is 176 Å². The number of fused-ring (bicyclic) bond motifs is 2. The van der Waals surface area contributed by atoms with Crippen molar-refractivity contribution in [1.29, 1.82) is 0 Å². The van der Waals surface area contributed by atoms with E-state index in [1.54, 1.807) is 19.1 Å². The Morgan fingerprint density at radius 1 is 1.14 bits per heavy atom. The van der Waals surface area contributed by atoms with Crippen LogP contribution in [0.25, 0.3) is 10.8 Å². The van der Waals surface area contributed by atoms with Gasteiger partial charge >= 0.3 is 5.97 Å². The fourth-order valence-corrected chi connectivity index (χ4v) is 4.13. The lowest BCUT2D eigenvalue weighted by Crippen LogP contribution is -2.21. The number of allylic oxidation sites excluding steroid dienone is 1. The fourth-order valence-electron chi connectivity index (χ4n) is 3.66. The van der Waals surface area contributed by atoms with Crippen LogP contribution >= 0.6 is 15.9 Å². The van der Waals surface area contributed by atoms with Gasteiger partial charge in [-0.15, -0.1) is 0 Å². The highest BCUT2D eigenvalue weighted by Gasteiger charge is 2.30. The number of carboxylic acid groups (broad SMARTS) is 1. The summed E-state index contributed by atoms with van der Waals surface area (Å²) in [4.78, 5) is 24.0. The molecule has 1 unspecified atom stereocenters. The molecule has 29 heavy (non-hydrogen) atoms. The fraction of sp³-hybridized carbons (Fsp3) is 0.167. The summed E-state index contributed by atoms with van der Waals surface area (Å²) in [7, 11) is 0. The van der Waals surface area contributed by atoms with E-state index in [1.165, 1.54) is 0 Å². The Hall–Kier alpha value is -2.92. The maximum atomic E-state index is 12.9.